The van der Waals surface area contributed by atoms with Crippen LogP contribution < -0.4 is 10.1 Å². The number of benzene rings is 3. The predicted octanol–water partition coefficient (Wildman–Crippen LogP) is 5.58. The fourth-order valence-corrected chi connectivity index (χ4v) is 2.71. The van der Waals surface area contributed by atoms with Crippen molar-refractivity contribution in [3.05, 3.63) is 98.8 Å². The molecule has 0 saturated carbocycles. The molecule has 27 heavy (non-hydrogen) atoms. The largest absolute Gasteiger partial charge is 0.489 e. The number of nitrogens with one attached hydrogen (secondary N) is 1. The molecular weight excluding hydrogens is 371 g/mol. The summed E-state index contributed by atoms with van der Waals surface area (Å²) in [6, 6.07) is 17.6. The van der Waals surface area contributed by atoms with E-state index in [1.165, 1.54) is 24.3 Å². The van der Waals surface area contributed by atoms with Crippen molar-refractivity contribution in [3.8, 4) is 5.75 Å². The molecule has 0 aliphatic heterocycles. The maximum Gasteiger partial charge on any atom is 0.269 e. The summed E-state index contributed by atoms with van der Waals surface area (Å²) in [6.45, 7) is 0.640. The lowest BCUT2D eigenvalue weighted by molar-refractivity contribution is -0.384. The van der Waals surface area contributed by atoms with Crippen LogP contribution in [0.5, 0.6) is 5.75 Å². The standard InChI is InChI=1S/C20H16ClFN2O3/c21-16-4-9-20(27-13-14-2-1-3-17(22)10-14)15(11-16)12-23-18-5-7-19(8-6-18)24(25)26/h1-11,23H,12-13H2. The summed E-state index contributed by atoms with van der Waals surface area (Å²) in [5.41, 5.74) is 2.30. The van der Waals surface area contributed by atoms with Crippen molar-refractivity contribution in [1.82, 2.24) is 0 Å². The van der Waals surface area contributed by atoms with E-state index in [1.807, 2.05) is 0 Å². The van der Waals surface area contributed by atoms with Crippen molar-refractivity contribution in [2.75, 3.05) is 5.32 Å². The van der Waals surface area contributed by atoms with E-state index in [2.05, 4.69) is 5.32 Å². The van der Waals surface area contributed by atoms with Crippen molar-refractivity contribution in [1.29, 1.82) is 0 Å². The van der Waals surface area contributed by atoms with Gasteiger partial charge in [-0.2, -0.15) is 0 Å². The third kappa shape index (κ3) is 5.18. The Morgan fingerprint density at radius 3 is 2.56 bits per heavy atom. The average Bonchev–Trinajstić information content (AvgIpc) is 2.66. The molecule has 3 aromatic rings. The van der Waals surface area contributed by atoms with Crippen LogP contribution in [-0.4, -0.2) is 4.92 Å². The second-order valence-electron chi connectivity index (χ2n) is 5.83. The van der Waals surface area contributed by atoms with Gasteiger partial charge in [0.05, 0.1) is 4.92 Å². The van der Waals surface area contributed by atoms with Crippen LogP contribution in [-0.2, 0) is 13.2 Å². The lowest BCUT2D eigenvalue weighted by Gasteiger charge is -2.13. The number of nitro benzene ring substituents is 1. The van der Waals surface area contributed by atoms with Crippen LogP contribution in [0.15, 0.2) is 66.7 Å². The van der Waals surface area contributed by atoms with Gasteiger partial charge in [0.2, 0.25) is 0 Å². The Kier molecular flexibility index (Phi) is 5.88. The zero-order valence-electron chi connectivity index (χ0n) is 14.2. The highest BCUT2D eigenvalue weighted by atomic mass is 35.5. The summed E-state index contributed by atoms with van der Waals surface area (Å²) in [7, 11) is 0. The highest BCUT2D eigenvalue weighted by molar-refractivity contribution is 6.30. The maximum absolute atomic E-state index is 13.3. The molecule has 5 nitrogen and oxygen atoms in total. The molecule has 0 heterocycles. The molecule has 0 spiro atoms. The maximum atomic E-state index is 13.3. The third-order valence-electron chi connectivity index (χ3n) is 3.87. The van der Waals surface area contributed by atoms with Gasteiger partial charge in [-0.25, -0.2) is 4.39 Å². The second-order valence-corrected chi connectivity index (χ2v) is 6.26. The number of ether oxygens (including phenoxy) is 1. The van der Waals surface area contributed by atoms with Gasteiger partial charge in [-0.3, -0.25) is 10.1 Å². The molecule has 3 rings (SSSR count). The molecule has 0 fully saturated rings. The summed E-state index contributed by atoms with van der Waals surface area (Å²) in [5.74, 6) is 0.311. The van der Waals surface area contributed by atoms with E-state index in [9.17, 15) is 14.5 Å². The van der Waals surface area contributed by atoms with Gasteiger partial charge in [0.15, 0.2) is 0 Å². The zero-order valence-corrected chi connectivity index (χ0v) is 14.9. The first-order valence-electron chi connectivity index (χ1n) is 8.15. The minimum atomic E-state index is -0.445. The molecule has 3 aromatic carbocycles. The highest BCUT2D eigenvalue weighted by Crippen LogP contribution is 2.25. The molecule has 138 valence electrons. The summed E-state index contributed by atoms with van der Waals surface area (Å²) in [5, 5.41) is 14.5. The van der Waals surface area contributed by atoms with E-state index in [-0.39, 0.29) is 18.1 Å². The molecule has 1 N–H and O–H groups in total. The Balaban J connectivity index is 1.69. The van der Waals surface area contributed by atoms with Crippen LogP contribution in [0.2, 0.25) is 5.02 Å². The van der Waals surface area contributed by atoms with Gasteiger partial charge in [-0.05, 0) is 48.0 Å². The van der Waals surface area contributed by atoms with Crippen molar-refractivity contribution < 1.29 is 14.1 Å². The van der Waals surface area contributed by atoms with Crippen LogP contribution in [0.25, 0.3) is 0 Å². The van der Waals surface area contributed by atoms with Gasteiger partial charge in [0, 0.05) is 35.0 Å². The van der Waals surface area contributed by atoms with Gasteiger partial charge in [-0.15, -0.1) is 0 Å². The van der Waals surface area contributed by atoms with E-state index < -0.39 is 4.92 Å². The van der Waals surface area contributed by atoms with Crippen LogP contribution in [0, 0.1) is 15.9 Å². The Hall–Kier alpha value is -3.12. The van der Waals surface area contributed by atoms with Gasteiger partial charge < -0.3 is 10.1 Å². The molecule has 0 unspecified atom stereocenters. The average molecular weight is 387 g/mol. The fourth-order valence-electron chi connectivity index (χ4n) is 2.51. The van der Waals surface area contributed by atoms with Gasteiger partial charge >= 0.3 is 0 Å². The molecule has 0 bridgehead atoms. The van der Waals surface area contributed by atoms with Crippen molar-refractivity contribution >= 4 is 23.0 Å². The number of hydrogen-bond acceptors (Lipinski definition) is 4. The predicted molar refractivity (Wildman–Crippen MR) is 103 cm³/mol. The van der Waals surface area contributed by atoms with Gasteiger partial charge in [-0.1, -0.05) is 23.7 Å². The first-order chi connectivity index (χ1) is 13.0. The fraction of sp³-hybridized carbons (Fsp3) is 0.100. The smallest absolute Gasteiger partial charge is 0.269 e. The Morgan fingerprint density at radius 1 is 1.07 bits per heavy atom. The molecule has 0 atom stereocenters. The van der Waals surface area contributed by atoms with Gasteiger partial charge in [0.25, 0.3) is 5.69 Å². The second kappa shape index (κ2) is 8.51. The van der Waals surface area contributed by atoms with E-state index in [0.29, 0.717) is 17.3 Å². The minimum absolute atomic E-state index is 0.0300. The summed E-state index contributed by atoms with van der Waals surface area (Å²) < 4.78 is 19.1. The molecule has 0 aromatic heterocycles. The topological polar surface area (TPSA) is 64.4 Å². The first-order valence-corrected chi connectivity index (χ1v) is 8.53. The minimum Gasteiger partial charge on any atom is -0.489 e. The summed E-state index contributed by atoms with van der Waals surface area (Å²) in [6.07, 6.45) is 0. The number of nitro groups is 1. The third-order valence-corrected chi connectivity index (χ3v) is 4.10. The number of anilines is 1. The molecular formula is C20H16ClFN2O3. The number of rotatable bonds is 7. The number of hydrogen-bond donors (Lipinski definition) is 1. The molecule has 7 heteroatoms. The number of halogens is 2. The number of non-ortho nitro benzene ring substituents is 1. The van der Waals surface area contributed by atoms with E-state index in [0.717, 1.165) is 16.8 Å². The lowest BCUT2D eigenvalue weighted by Crippen LogP contribution is -2.04. The Morgan fingerprint density at radius 2 is 1.85 bits per heavy atom. The normalized spacial score (nSPS) is 10.4. The molecule has 0 saturated heterocycles. The van der Waals surface area contributed by atoms with Crippen molar-refractivity contribution in [3.63, 3.8) is 0 Å². The Bertz CT molecular complexity index is 948. The summed E-state index contributed by atoms with van der Waals surface area (Å²) in [4.78, 5) is 10.3. The van der Waals surface area contributed by atoms with Crippen LogP contribution >= 0.6 is 11.6 Å². The molecule has 0 amide bonds. The van der Waals surface area contributed by atoms with Crippen LogP contribution in [0.4, 0.5) is 15.8 Å². The number of nitrogens with zero attached hydrogens (tertiary/aromatic N) is 1. The zero-order chi connectivity index (χ0) is 19.2. The van der Waals surface area contributed by atoms with Crippen LogP contribution in [0.3, 0.4) is 0 Å². The highest BCUT2D eigenvalue weighted by Gasteiger charge is 2.08. The molecule has 0 aliphatic carbocycles. The van der Waals surface area contributed by atoms with E-state index in [4.69, 9.17) is 16.3 Å². The first kappa shape index (κ1) is 18.7. The molecule has 0 aliphatic rings. The summed E-state index contributed by atoms with van der Waals surface area (Å²) >= 11 is 6.08. The SMILES string of the molecule is O=[N+]([O-])c1ccc(NCc2cc(Cl)ccc2OCc2cccc(F)c2)cc1. The lowest BCUT2D eigenvalue weighted by atomic mass is 10.2. The van der Waals surface area contributed by atoms with E-state index in [1.54, 1.807) is 42.5 Å². The Labute approximate surface area is 160 Å². The molecule has 0 radical (unpaired) electrons. The van der Waals surface area contributed by atoms with Crippen molar-refractivity contribution in [2.45, 2.75) is 13.2 Å². The van der Waals surface area contributed by atoms with Gasteiger partial charge in [0.1, 0.15) is 18.2 Å². The van der Waals surface area contributed by atoms with Crippen molar-refractivity contribution in [2.24, 2.45) is 0 Å². The monoisotopic (exact) mass is 386 g/mol. The quantitative estimate of drug-likeness (QED) is 0.425. The van der Waals surface area contributed by atoms with E-state index >= 15 is 0 Å². The van der Waals surface area contributed by atoms with Crippen LogP contribution in [0.1, 0.15) is 11.1 Å².